The third kappa shape index (κ3) is 4.42. The molecule has 0 saturated heterocycles. The minimum Gasteiger partial charge on any atom is -0.384 e. The van der Waals surface area contributed by atoms with Crippen molar-refractivity contribution in [1.82, 2.24) is 9.97 Å². The van der Waals surface area contributed by atoms with Crippen molar-refractivity contribution in [1.29, 1.82) is 5.41 Å². The molecule has 1 heterocycles. The summed E-state index contributed by atoms with van der Waals surface area (Å²) >= 11 is 0. The van der Waals surface area contributed by atoms with Crippen molar-refractivity contribution < 1.29 is 0 Å². The van der Waals surface area contributed by atoms with Crippen molar-refractivity contribution in [3.63, 3.8) is 0 Å². The maximum Gasteiger partial charge on any atom is 0.251 e. The van der Waals surface area contributed by atoms with E-state index in [1.165, 1.54) is 12.3 Å². The van der Waals surface area contributed by atoms with Crippen LogP contribution in [0.4, 0.5) is 0 Å². The molecule has 0 aliphatic carbocycles. The fourth-order valence-electron chi connectivity index (χ4n) is 1.73. The highest BCUT2D eigenvalue weighted by atomic mass is 16.1. The first-order valence-corrected chi connectivity index (χ1v) is 6.67. The normalized spacial score (nSPS) is 9.45. The van der Waals surface area contributed by atoms with Crippen LogP contribution in [0.3, 0.4) is 0 Å². The van der Waals surface area contributed by atoms with Gasteiger partial charge in [0, 0.05) is 23.4 Å². The summed E-state index contributed by atoms with van der Waals surface area (Å²) in [5.41, 5.74) is 6.76. The summed E-state index contributed by atoms with van der Waals surface area (Å²) in [6.07, 6.45) is 1.50. The maximum absolute atomic E-state index is 11.0. The Morgan fingerprint density at radius 1 is 0.955 bits per heavy atom. The summed E-state index contributed by atoms with van der Waals surface area (Å²) in [6, 6.07) is 20.2. The molecule has 3 rings (SSSR count). The first kappa shape index (κ1) is 15.2. The van der Waals surface area contributed by atoms with Gasteiger partial charge in [-0.2, -0.15) is 0 Å². The zero-order valence-electron chi connectivity index (χ0n) is 11.9. The number of aromatic amines is 1. The highest BCUT2D eigenvalue weighted by Gasteiger charge is 1.96. The van der Waals surface area contributed by atoms with E-state index in [1.54, 1.807) is 0 Å². The molecule has 5 heteroatoms. The Labute approximate surface area is 128 Å². The van der Waals surface area contributed by atoms with Gasteiger partial charge >= 0.3 is 0 Å². The lowest BCUT2D eigenvalue weighted by Crippen LogP contribution is -2.10. The van der Waals surface area contributed by atoms with Gasteiger partial charge in [0.05, 0.1) is 0 Å². The quantitative estimate of drug-likeness (QED) is 0.500. The average Bonchev–Trinajstić information content (AvgIpc) is 2.57. The number of hydrogen-bond acceptors (Lipinski definition) is 3. The van der Waals surface area contributed by atoms with Crippen LogP contribution in [0.25, 0.3) is 11.4 Å². The van der Waals surface area contributed by atoms with E-state index in [0.29, 0.717) is 5.82 Å². The Hall–Kier alpha value is -3.21. The number of amidine groups is 1. The van der Waals surface area contributed by atoms with Gasteiger partial charge in [-0.3, -0.25) is 10.2 Å². The Kier molecular flexibility index (Phi) is 5.20. The number of nitrogens with zero attached hydrogens (tertiary/aromatic N) is 1. The highest BCUT2D eigenvalue weighted by Crippen LogP contribution is 2.10. The molecule has 0 amide bonds. The molecular weight excluding hydrogens is 276 g/mol. The lowest BCUT2D eigenvalue weighted by Gasteiger charge is -1.97. The topological polar surface area (TPSA) is 95.6 Å². The average molecular weight is 292 g/mol. The molecule has 0 fully saturated rings. The van der Waals surface area contributed by atoms with Crippen LogP contribution in [0, 0.1) is 5.41 Å². The largest absolute Gasteiger partial charge is 0.384 e. The third-order valence-electron chi connectivity index (χ3n) is 2.80. The lowest BCUT2D eigenvalue weighted by atomic mass is 10.2. The standard InChI is InChI=1S/C10H8N2O.C7H8N2/c13-9-6-7-11-10(12-9)8-4-2-1-3-5-8;8-7(9)6-4-2-1-3-5-6/h1-7H,(H,11,12,13);1-5H,(H3,8,9). The second kappa shape index (κ2) is 7.54. The number of benzene rings is 2. The molecule has 0 atom stereocenters. The molecule has 110 valence electrons. The number of nitrogens with two attached hydrogens (primary N) is 1. The molecule has 0 radical (unpaired) electrons. The van der Waals surface area contributed by atoms with Crippen molar-refractivity contribution >= 4 is 5.84 Å². The summed E-state index contributed by atoms with van der Waals surface area (Å²) in [7, 11) is 0. The number of nitrogen functional groups attached to an aromatic ring is 1. The molecular formula is C17H16N4O. The smallest absolute Gasteiger partial charge is 0.251 e. The Morgan fingerprint density at radius 3 is 2.05 bits per heavy atom. The summed E-state index contributed by atoms with van der Waals surface area (Å²) < 4.78 is 0. The van der Waals surface area contributed by atoms with Crippen LogP contribution >= 0.6 is 0 Å². The molecule has 0 unspecified atom stereocenters. The van der Waals surface area contributed by atoms with Gasteiger partial charge in [0.1, 0.15) is 11.7 Å². The molecule has 4 N–H and O–H groups in total. The van der Waals surface area contributed by atoms with Crippen LogP contribution in [0.5, 0.6) is 0 Å². The fourth-order valence-corrected chi connectivity index (χ4v) is 1.73. The Balaban J connectivity index is 0.000000172. The number of aromatic nitrogens is 2. The molecule has 0 bridgehead atoms. The summed E-state index contributed by atoms with van der Waals surface area (Å²) in [4.78, 5) is 17.7. The number of H-pyrrole nitrogens is 1. The molecule has 0 aliphatic rings. The van der Waals surface area contributed by atoms with E-state index in [-0.39, 0.29) is 11.4 Å². The van der Waals surface area contributed by atoms with Gasteiger partial charge in [-0.25, -0.2) is 4.98 Å². The van der Waals surface area contributed by atoms with Gasteiger partial charge in [0.25, 0.3) is 5.56 Å². The van der Waals surface area contributed by atoms with Crippen LogP contribution < -0.4 is 11.3 Å². The van der Waals surface area contributed by atoms with Crippen LogP contribution in [-0.2, 0) is 0 Å². The van der Waals surface area contributed by atoms with Crippen molar-refractivity contribution in [3.8, 4) is 11.4 Å². The fraction of sp³-hybridized carbons (Fsp3) is 0. The predicted octanol–water partition coefficient (Wildman–Crippen LogP) is 2.41. The molecule has 1 aromatic heterocycles. The minimum atomic E-state index is -0.131. The second-order valence-electron chi connectivity index (χ2n) is 4.43. The van der Waals surface area contributed by atoms with Crippen LogP contribution in [0.1, 0.15) is 5.56 Å². The number of hydrogen-bond donors (Lipinski definition) is 3. The predicted molar refractivity (Wildman–Crippen MR) is 87.8 cm³/mol. The summed E-state index contributed by atoms with van der Waals surface area (Å²) in [6.45, 7) is 0. The van der Waals surface area contributed by atoms with Gasteiger partial charge < -0.3 is 10.7 Å². The molecule has 0 spiro atoms. The minimum absolute atomic E-state index is 0.121. The van der Waals surface area contributed by atoms with E-state index in [4.69, 9.17) is 11.1 Å². The van der Waals surface area contributed by atoms with Gasteiger partial charge in [-0.1, -0.05) is 60.7 Å². The molecule has 0 saturated carbocycles. The molecule has 3 aromatic rings. The van der Waals surface area contributed by atoms with Crippen LogP contribution in [0.15, 0.2) is 77.7 Å². The van der Waals surface area contributed by atoms with E-state index in [9.17, 15) is 4.79 Å². The van der Waals surface area contributed by atoms with E-state index in [0.717, 1.165) is 11.1 Å². The summed E-state index contributed by atoms with van der Waals surface area (Å²) in [5, 5.41) is 7.01. The SMILES string of the molecule is N=C(N)c1ccccc1.O=c1ccnc(-c2ccccc2)[nH]1. The molecule has 2 aromatic carbocycles. The monoisotopic (exact) mass is 292 g/mol. The maximum atomic E-state index is 11.0. The van der Waals surface area contributed by atoms with E-state index in [2.05, 4.69) is 9.97 Å². The van der Waals surface area contributed by atoms with Crippen molar-refractivity contribution in [3.05, 3.63) is 88.8 Å². The first-order valence-electron chi connectivity index (χ1n) is 6.67. The second-order valence-corrected chi connectivity index (χ2v) is 4.43. The number of rotatable bonds is 2. The van der Waals surface area contributed by atoms with E-state index in [1.807, 2.05) is 60.7 Å². The highest BCUT2D eigenvalue weighted by molar-refractivity contribution is 5.94. The van der Waals surface area contributed by atoms with E-state index >= 15 is 0 Å². The Morgan fingerprint density at radius 2 is 1.55 bits per heavy atom. The third-order valence-corrected chi connectivity index (χ3v) is 2.80. The van der Waals surface area contributed by atoms with E-state index < -0.39 is 0 Å². The molecule has 0 aliphatic heterocycles. The van der Waals surface area contributed by atoms with Gasteiger partial charge in [0.2, 0.25) is 0 Å². The van der Waals surface area contributed by atoms with Crippen molar-refractivity contribution in [2.45, 2.75) is 0 Å². The summed E-state index contributed by atoms with van der Waals surface area (Å²) in [5.74, 6) is 0.726. The van der Waals surface area contributed by atoms with Gasteiger partial charge in [-0.15, -0.1) is 0 Å². The molecule has 5 nitrogen and oxygen atoms in total. The number of nitrogens with one attached hydrogen (secondary N) is 2. The van der Waals surface area contributed by atoms with Gasteiger partial charge in [-0.05, 0) is 0 Å². The Bertz CT molecular complexity index is 782. The van der Waals surface area contributed by atoms with Crippen molar-refractivity contribution in [2.75, 3.05) is 0 Å². The zero-order chi connectivity index (χ0) is 15.8. The first-order chi connectivity index (χ1) is 10.7. The zero-order valence-corrected chi connectivity index (χ0v) is 11.9. The lowest BCUT2D eigenvalue weighted by molar-refractivity contribution is 1.13. The van der Waals surface area contributed by atoms with Crippen molar-refractivity contribution in [2.24, 2.45) is 5.73 Å². The molecule has 22 heavy (non-hydrogen) atoms. The van der Waals surface area contributed by atoms with Crippen LogP contribution in [-0.4, -0.2) is 15.8 Å². The van der Waals surface area contributed by atoms with Gasteiger partial charge in [0.15, 0.2) is 0 Å². The van der Waals surface area contributed by atoms with Crippen LogP contribution in [0.2, 0.25) is 0 Å².